The number of carbonyl (C=O) groups excluding carboxylic acids is 1. The van der Waals surface area contributed by atoms with Crippen molar-refractivity contribution in [1.82, 2.24) is 15.2 Å². The maximum atomic E-state index is 12.5. The third-order valence-corrected chi connectivity index (χ3v) is 5.03. The molecule has 1 N–H and O–H groups in total. The molecule has 2 heterocycles. The van der Waals surface area contributed by atoms with Crippen LogP contribution in [0.4, 0.5) is 0 Å². The molecule has 0 saturated heterocycles. The summed E-state index contributed by atoms with van der Waals surface area (Å²) in [6, 6.07) is 7.83. The van der Waals surface area contributed by atoms with E-state index in [0.29, 0.717) is 0 Å². The van der Waals surface area contributed by atoms with Crippen molar-refractivity contribution in [2.75, 3.05) is 0 Å². The number of carbonyl (C=O) groups is 1. The number of nitrogens with zero attached hydrogens (tertiary/aromatic N) is 2. The summed E-state index contributed by atoms with van der Waals surface area (Å²) < 4.78 is 0.836. The van der Waals surface area contributed by atoms with Crippen LogP contribution < -0.4 is 0 Å². The van der Waals surface area contributed by atoms with E-state index in [1.807, 2.05) is 38.1 Å². The van der Waals surface area contributed by atoms with Crippen molar-refractivity contribution in [1.29, 1.82) is 0 Å². The fourth-order valence-corrected chi connectivity index (χ4v) is 4.05. The highest BCUT2D eigenvalue weighted by Crippen LogP contribution is 2.29. The lowest BCUT2D eigenvalue weighted by Gasteiger charge is -2.06. The van der Waals surface area contributed by atoms with Gasteiger partial charge in [0.1, 0.15) is 5.01 Å². The van der Waals surface area contributed by atoms with Crippen LogP contribution in [0.5, 0.6) is 0 Å². The molecule has 0 aliphatic rings. The van der Waals surface area contributed by atoms with Gasteiger partial charge < -0.3 is 4.98 Å². The van der Waals surface area contributed by atoms with Crippen molar-refractivity contribution in [3.05, 3.63) is 41.0 Å². The van der Waals surface area contributed by atoms with Gasteiger partial charge in [-0.1, -0.05) is 41.3 Å². The Morgan fingerprint density at radius 1 is 1.35 bits per heavy atom. The topological polar surface area (TPSA) is 58.6 Å². The Morgan fingerprint density at radius 3 is 2.90 bits per heavy atom. The van der Waals surface area contributed by atoms with E-state index >= 15 is 0 Å². The minimum atomic E-state index is -0.179. The molecule has 0 fully saturated rings. The van der Waals surface area contributed by atoms with E-state index in [1.54, 1.807) is 6.20 Å². The van der Waals surface area contributed by atoms with Gasteiger partial charge in [-0.25, -0.2) is 0 Å². The fourth-order valence-electron chi connectivity index (χ4n) is 2.03. The SMILES string of the molecule is Cc1nnc(SC(C)C(=O)c2c[nH]c3ccccc23)s1. The summed E-state index contributed by atoms with van der Waals surface area (Å²) in [5.41, 5.74) is 1.72. The molecule has 2 aromatic heterocycles. The van der Waals surface area contributed by atoms with Gasteiger partial charge in [0.25, 0.3) is 0 Å². The number of hydrogen-bond donors (Lipinski definition) is 1. The molecule has 0 bridgehead atoms. The Hall–Kier alpha value is -1.66. The fraction of sp³-hybridized carbons (Fsp3) is 0.214. The van der Waals surface area contributed by atoms with Crippen LogP contribution in [0.2, 0.25) is 0 Å². The van der Waals surface area contributed by atoms with Gasteiger partial charge in [0.05, 0.1) is 5.25 Å². The lowest BCUT2D eigenvalue weighted by atomic mass is 10.1. The average Bonchev–Trinajstić information content (AvgIpc) is 3.04. The summed E-state index contributed by atoms with van der Waals surface area (Å²) in [5, 5.41) is 9.73. The Bertz CT molecular complexity index is 762. The second-order valence-electron chi connectivity index (χ2n) is 4.46. The number of rotatable bonds is 4. The van der Waals surface area contributed by atoms with Crippen LogP contribution in [0.1, 0.15) is 22.3 Å². The van der Waals surface area contributed by atoms with E-state index in [9.17, 15) is 4.79 Å². The molecule has 0 spiro atoms. The van der Waals surface area contributed by atoms with Crippen molar-refractivity contribution in [3.63, 3.8) is 0 Å². The number of aromatic amines is 1. The monoisotopic (exact) mass is 303 g/mol. The van der Waals surface area contributed by atoms with Gasteiger partial charge in [0, 0.05) is 22.7 Å². The molecule has 0 aliphatic carbocycles. The highest BCUT2D eigenvalue weighted by molar-refractivity contribution is 8.02. The van der Waals surface area contributed by atoms with E-state index in [4.69, 9.17) is 0 Å². The molecule has 3 aromatic rings. The Labute approximate surface area is 124 Å². The average molecular weight is 303 g/mol. The molecule has 0 saturated carbocycles. The molecule has 1 atom stereocenters. The van der Waals surface area contributed by atoms with Crippen molar-refractivity contribution in [3.8, 4) is 0 Å². The lowest BCUT2D eigenvalue weighted by Crippen LogP contribution is -2.12. The molecule has 0 aliphatic heterocycles. The Balaban J connectivity index is 1.84. The standard InChI is InChI=1S/C14H13N3OS2/c1-8(19-14-17-16-9(2)20-14)13(18)11-7-15-12-6-4-3-5-10(11)12/h3-8,15H,1-2H3. The first-order valence-corrected chi connectivity index (χ1v) is 7.92. The van der Waals surface area contributed by atoms with Gasteiger partial charge >= 0.3 is 0 Å². The number of H-pyrrole nitrogens is 1. The van der Waals surface area contributed by atoms with E-state index in [0.717, 1.165) is 25.8 Å². The molecule has 102 valence electrons. The predicted octanol–water partition coefficient (Wildman–Crippen LogP) is 3.69. The zero-order chi connectivity index (χ0) is 14.1. The van der Waals surface area contributed by atoms with Gasteiger partial charge in [-0.15, -0.1) is 10.2 Å². The molecule has 4 nitrogen and oxygen atoms in total. The van der Waals surface area contributed by atoms with Crippen LogP contribution in [0, 0.1) is 6.92 Å². The summed E-state index contributed by atoms with van der Waals surface area (Å²) in [6.07, 6.45) is 1.79. The van der Waals surface area contributed by atoms with E-state index in [1.165, 1.54) is 23.1 Å². The zero-order valence-electron chi connectivity index (χ0n) is 11.1. The van der Waals surface area contributed by atoms with E-state index < -0.39 is 0 Å². The third-order valence-electron chi connectivity index (χ3n) is 3.01. The molecule has 6 heteroatoms. The minimum absolute atomic E-state index is 0.111. The van der Waals surface area contributed by atoms with Crippen LogP contribution in [0.25, 0.3) is 10.9 Å². The number of ketones is 1. The second kappa shape index (κ2) is 5.38. The first-order valence-electron chi connectivity index (χ1n) is 6.22. The minimum Gasteiger partial charge on any atom is -0.360 e. The summed E-state index contributed by atoms with van der Waals surface area (Å²) in [7, 11) is 0. The molecular weight excluding hydrogens is 290 g/mol. The van der Waals surface area contributed by atoms with E-state index in [-0.39, 0.29) is 11.0 Å². The summed E-state index contributed by atoms with van der Waals surface area (Å²) in [6.45, 7) is 3.82. The predicted molar refractivity (Wildman–Crippen MR) is 82.6 cm³/mol. The first-order chi connectivity index (χ1) is 9.65. The maximum Gasteiger partial charge on any atom is 0.178 e. The van der Waals surface area contributed by atoms with Crippen LogP contribution in [0.15, 0.2) is 34.8 Å². The summed E-state index contributed by atoms with van der Waals surface area (Å²) >= 11 is 2.98. The highest BCUT2D eigenvalue weighted by atomic mass is 32.2. The van der Waals surface area contributed by atoms with Crippen LogP contribution >= 0.6 is 23.1 Å². The van der Waals surface area contributed by atoms with Crippen molar-refractivity contribution in [2.45, 2.75) is 23.4 Å². The Morgan fingerprint density at radius 2 is 2.15 bits per heavy atom. The number of para-hydroxylation sites is 1. The summed E-state index contributed by atoms with van der Waals surface area (Å²) in [4.78, 5) is 15.7. The van der Waals surface area contributed by atoms with Crippen molar-refractivity contribution in [2.24, 2.45) is 0 Å². The van der Waals surface area contributed by atoms with Crippen LogP contribution in [-0.2, 0) is 0 Å². The molecule has 20 heavy (non-hydrogen) atoms. The lowest BCUT2D eigenvalue weighted by molar-refractivity contribution is 0.0995. The third kappa shape index (κ3) is 2.48. The Kier molecular flexibility index (Phi) is 3.58. The van der Waals surface area contributed by atoms with Crippen LogP contribution in [-0.4, -0.2) is 26.2 Å². The summed E-state index contributed by atoms with van der Waals surface area (Å²) in [5.74, 6) is 0.111. The van der Waals surface area contributed by atoms with Crippen molar-refractivity contribution >= 4 is 39.8 Å². The molecule has 0 amide bonds. The van der Waals surface area contributed by atoms with E-state index in [2.05, 4.69) is 15.2 Å². The second-order valence-corrected chi connectivity index (χ2v) is 7.23. The number of thioether (sulfide) groups is 1. The number of Topliss-reactive ketones (excluding diaryl/α,β-unsaturated/α-hetero) is 1. The normalized spacial score (nSPS) is 12.7. The molecule has 1 unspecified atom stereocenters. The number of benzene rings is 1. The first kappa shape index (κ1) is 13.3. The number of aryl methyl sites for hydroxylation is 1. The smallest absolute Gasteiger partial charge is 0.178 e. The quantitative estimate of drug-likeness (QED) is 0.590. The van der Waals surface area contributed by atoms with Gasteiger partial charge in [0.15, 0.2) is 10.1 Å². The van der Waals surface area contributed by atoms with Gasteiger partial charge in [-0.3, -0.25) is 4.79 Å². The van der Waals surface area contributed by atoms with Gasteiger partial charge in [-0.05, 0) is 19.9 Å². The van der Waals surface area contributed by atoms with Gasteiger partial charge in [0.2, 0.25) is 0 Å². The molecule has 1 aromatic carbocycles. The molecular formula is C14H13N3OS2. The number of hydrogen-bond acceptors (Lipinski definition) is 5. The number of nitrogens with one attached hydrogen (secondary N) is 1. The maximum absolute atomic E-state index is 12.5. The highest BCUT2D eigenvalue weighted by Gasteiger charge is 2.21. The number of aromatic nitrogens is 3. The molecule has 3 rings (SSSR count). The largest absolute Gasteiger partial charge is 0.360 e. The van der Waals surface area contributed by atoms with Crippen LogP contribution in [0.3, 0.4) is 0 Å². The zero-order valence-corrected chi connectivity index (χ0v) is 12.7. The van der Waals surface area contributed by atoms with Gasteiger partial charge in [-0.2, -0.15) is 0 Å². The number of fused-ring (bicyclic) bond motifs is 1. The molecule has 0 radical (unpaired) electrons. The van der Waals surface area contributed by atoms with Crippen molar-refractivity contribution < 1.29 is 4.79 Å².